The van der Waals surface area contributed by atoms with E-state index >= 15 is 0 Å². The van der Waals surface area contributed by atoms with Gasteiger partial charge in [0, 0.05) is 0 Å². The second kappa shape index (κ2) is 4.94. The van der Waals surface area contributed by atoms with Gasteiger partial charge >= 0.3 is 5.97 Å². The van der Waals surface area contributed by atoms with Crippen molar-refractivity contribution < 1.29 is 18.3 Å². The maximum Gasteiger partial charge on any atom is 0.324 e. The second-order valence-corrected chi connectivity index (χ2v) is 7.49. The lowest BCUT2D eigenvalue weighted by molar-refractivity contribution is -0.140. The molecule has 0 bridgehead atoms. The molecule has 0 spiro atoms. The Bertz CT molecular complexity index is 760. The SMILES string of the molecule is O=C(O)C1(NS(=O)(=O)c2ccc(-c3ccsc3)cc2)CC1. The third-order valence-corrected chi connectivity index (χ3v) is 5.74. The number of benzene rings is 1. The number of carbonyl (C=O) groups is 1. The molecule has 0 aliphatic heterocycles. The molecule has 1 saturated carbocycles. The molecular weight excluding hydrogens is 310 g/mol. The standard InChI is InChI=1S/C14H13NO4S2/c16-13(17)14(6-7-14)15-21(18,19)12-3-1-10(2-4-12)11-5-8-20-9-11/h1-5,8-9,15H,6-7H2,(H,16,17). The van der Waals surface area contributed by atoms with Crippen molar-refractivity contribution in [1.29, 1.82) is 0 Å². The number of aliphatic carboxylic acids is 1. The van der Waals surface area contributed by atoms with Crippen LogP contribution in [-0.2, 0) is 14.8 Å². The molecule has 7 heteroatoms. The Labute approximate surface area is 126 Å². The van der Waals surface area contributed by atoms with Crippen LogP contribution in [0, 0.1) is 0 Å². The first-order chi connectivity index (χ1) is 9.93. The Kier molecular flexibility index (Phi) is 3.35. The van der Waals surface area contributed by atoms with Crippen LogP contribution in [-0.4, -0.2) is 25.0 Å². The summed E-state index contributed by atoms with van der Waals surface area (Å²) in [5, 5.41) is 13.0. The van der Waals surface area contributed by atoms with Gasteiger partial charge in [0.2, 0.25) is 10.0 Å². The van der Waals surface area contributed by atoms with Gasteiger partial charge < -0.3 is 5.11 Å². The number of nitrogens with one attached hydrogen (secondary N) is 1. The summed E-state index contributed by atoms with van der Waals surface area (Å²) in [4.78, 5) is 11.2. The number of hydrogen-bond donors (Lipinski definition) is 2. The van der Waals surface area contributed by atoms with E-state index in [9.17, 15) is 13.2 Å². The van der Waals surface area contributed by atoms with Crippen LogP contribution in [0.4, 0.5) is 0 Å². The van der Waals surface area contributed by atoms with Gasteiger partial charge in [0.15, 0.2) is 0 Å². The first-order valence-corrected chi connectivity index (χ1v) is 8.76. The van der Waals surface area contributed by atoms with Gasteiger partial charge in [0.1, 0.15) is 5.54 Å². The minimum absolute atomic E-state index is 0.0778. The zero-order valence-electron chi connectivity index (χ0n) is 10.9. The summed E-state index contributed by atoms with van der Waals surface area (Å²) in [5.74, 6) is -1.12. The Balaban J connectivity index is 1.85. The lowest BCUT2D eigenvalue weighted by Gasteiger charge is -2.13. The fourth-order valence-electron chi connectivity index (χ4n) is 2.06. The van der Waals surface area contributed by atoms with Gasteiger partial charge in [0.05, 0.1) is 4.90 Å². The summed E-state index contributed by atoms with van der Waals surface area (Å²) in [5.41, 5.74) is 0.640. The van der Waals surface area contributed by atoms with Crippen molar-refractivity contribution in [3.05, 3.63) is 41.1 Å². The fourth-order valence-corrected chi connectivity index (χ4v) is 4.14. The molecule has 3 rings (SSSR count). The predicted octanol–water partition coefficient (Wildman–Crippen LogP) is 2.31. The van der Waals surface area contributed by atoms with E-state index in [0.717, 1.165) is 11.1 Å². The molecule has 0 saturated heterocycles. The monoisotopic (exact) mass is 323 g/mol. The highest BCUT2D eigenvalue weighted by Gasteiger charge is 2.53. The van der Waals surface area contributed by atoms with Crippen molar-refractivity contribution in [1.82, 2.24) is 4.72 Å². The number of rotatable bonds is 5. The molecule has 1 aliphatic carbocycles. The van der Waals surface area contributed by atoms with E-state index in [4.69, 9.17) is 5.11 Å². The van der Waals surface area contributed by atoms with Crippen LogP contribution in [0.2, 0.25) is 0 Å². The minimum Gasteiger partial charge on any atom is -0.480 e. The highest BCUT2D eigenvalue weighted by Crippen LogP contribution is 2.37. The van der Waals surface area contributed by atoms with Crippen molar-refractivity contribution in [2.45, 2.75) is 23.3 Å². The maximum atomic E-state index is 12.2. The summed E-state index contributed by atoms with van der Waals surface area (Å²) in [6.45, 7) is 0. The molecule has 1 aromatic carbocycles. The Hall–Kier alpha value is -1.70. The highest BCUT2D eigenvalue weighted by atomic mass is 32.2. The summed E-state index contributed by atoms with van der Waals surface area (Å²) in [6, 6.07) is 8.38. The summed E-state index contributed by atoms with van der Waals surface area (Å²) in [6.07, 6.45) is 0.656. The van der Waals surface area contributed by atoms with E-state index in [-0.39, 0.29) is 4.90 Å². The van der Waals surface area contributed by atoms with Gasteiger partial charge in [-0.05, 0) is 52.9 Å². The van der Waals surface area contributed by atoms with Gasteiger partial charge in [-0.3, -0.25) is 4.79 Å². The van der Waals surface area contributed by atoms with Crippen LogP contribution < -0.4 is 4.72 Å². The first kappa shape index (κ1) is 14.2. The second-order valence-electron chi connectivity index (χ2n) is 5.03. The molecule has 1 heterocycles. The van der Waals surface area contributed by atoms with Crippen LogP contribution in [0.3, 0.4) is 0 Å². The fraction of sp³-hybridized carbons (Fsp3) is 0.214. The zero-order chi connectivity index (χ0) is 15.1. The van der Waals surface area contributed by atoms with Gasteiger partial charge in [0.25, 0.3) is 0 Å². The normalized spacial score (nSPS) is 16.6. The maximum absolute atomic E-state index is 12.2. The number of sulfonamides is 1. The molecule has 0 unspecified atom stereocenters. The number of thiophene rings is 1. The summed E-state index contributed by atoms with van der Waals surface area (Å²) < 4.78 is 26.7. The molecule has 0 amide bonds. The highest BCUT2D eigenvalue weighted by molar-refractivity contribution is 7.89. The lowest BCUT2D eigenvalue weighted by atomic mass is 10.1. The third-order valence-electron chi connectivity index (χ3n) is 3.51. The van der Waals surface area contributed by atoms with Gasteiger partial charge in [-0.25, -0.2) is 8.42 Å². The quantitative estimate of drug-likeness (QED) is 0.884. The Morgan fingerprint density at radius 3 is 2.29 bits per heavy atom. The molecule has 2 N–H and O–H groups in total. The minimum atomic E-state index is -3.81. The van der Waals surface area contributed by atoms with E-state index in [1.54, 1.807) is 23.5 Å². The Morgan fingerprint density at radius 2 is 1.81 bits per heavy atom. The topological polar surface area (TPSA) is 83.5 Å². The van der Waals surface area contributed by atoms with Crippen LogP contribution >= 0.6 is 11.3 Å². The van der Waals surface area contributed by atoms with Crippen molar-refractivity contribution >= 4 is 27.3 Å². The van der Waals surface area contributed by atoms with Crippen molar-refractivity contribution in [2.24, 2.45) is 0 Å². The molecule has 0 radical (unpaired) electrons. The van der Waals surface area contributed by atoms with Crippen LogP contribution in [0.1, 0.15) is 12.8 Å². The van der Waals surface area contributed by atoms with Crippen molar-refractivity contribution in [2.75, 3.05) is 0 Å². The zero-order valence-corrected chi connectivity index (χ0v) is 12.6. The average Bonchev–Trinajstić information content (AvgIpc) is 3.03. The van der Waals surface area contributed by atoms with E-state index < -0.39 is 21.5 Å². The molecule has 1 aliphatic rings. The van der Waals surface area contributed by atoms with E-state index in [1.807, 2.05) is 16.8 Å². The van der Waals surface area contributed by atoms with Gasteiger partial charge in [-0.2, -0.15) is 16.1 Å². The van der Waals surface area contributed by atoms with E-state index in [0.29, 0.717) is 12.8 Å². The third kappa shape index (κ3) is 2.72. The smallest absolute Gasteiger partial charge is 0.324 e. The number of hydrogen-bond acceptors (Lipinski definition) is 4. The predicted molar refractivity (Wildman–Crippen MR) is 79.7 cm³/mol. The number of carboxylic acid groups (broad SMARTS) is 1. The van der Waals surface area contributed by atoms with Crippen LogP contribution in [0.5, 0.6) is 0 Å². The molecule has 21 heavy (non-hydrogen) atoms. The summed E-state index contributed by atoms with van der Waals surface area (Å²) >= 11 is 1.57. The first-order valence-electron chi connectivity index (χ1n) is 6.33. The largest absolute Gasteiger partial charge is 0.480 e. The van der Waals surface area contributed by atoms with Crippen molar-refractivity contribution in [3.63, 3.8) is 0 Å². The van der Waals surface area contributed by atoms with Crippen LogP contribution in [0.15, 0.2) is 46.0 Å². The molecule has 0 atom stereocenters. The molecule has 1 fully saturated rings. The van der Waals surface area contributed by atoms with Gasteiger partial charge in [-0.15, -0.1) is 0 Å². The van der Waals surface area contributed by atoms with E-state index in [2.05, 4.69) is 4.72 Å². The van der Waals surface area contributed by atoms with E-state index in [1.165, 1.54) is 12.1 Å². The molecule has 5 nitrogen and oxygen atoms in total. The van der Waals surface area contributed by atoms with Crippen molar-refractivity contribution in [3.8, 4) is 11.1 Å². The Morgan fingerprint density at radius 1 is 1.14 bits per heavy atom. The average molecular weight is 323 g/mol. The molecular formula is C14H13NO4S2. The summed E-state index contributed by atoms with van der Waals surface area (Å²) in [7, 11) is -3.81. The molecule has 110 valence electrons. The number of carboxylic acids is 1. The lowest BCUT2D eigenvalue weighted by Crippen LogP contribution is -2.42. The van der Waals surface area contributed by atoms with Crippen LogP contribution in [0.25, 0.3) is 11.1 Å². The molecule has 1 aromatic heterocycles. The molecule has 2 aromatic rings. The van der Waals surface area contributed by atoms with Gasteiger partial charge in [-0.1, -0.05) is 12.1 Å².